The van der Waals surface area contributed by atoms with Crippen LogP contribution < -0.4 is 4.72 Å². The molecule has 0 aliphatic rings. The van der Waals surface area contributed by atoms with Crippen LogP contribution in [0.3, 0.4) is 0 Å². The summed E-state index contributed by atoms with van der Waals surface area (Å²) in [6, 6.07) is 8.80. The Kier molecular flexibility index (Phi) is 3.97. The highest BCUT2D eigenvalue weighted by atomic mass is 32.2. The van der Waals surface area contributed by atoms with Crippen molar-refractivity contribution in [3.63, 3.8) is 0 Å². The molecule has 0 saturated heterocycles. The lowest BCUT2D eigenvalue weighted by Gasteiger charge is -2.05. The van der Waals surface area contributed by atoms with Crippen molar-refractivity contribution < 1.29 is 18.3 Å². The number of sulfonamides is 1. The molecule has 0 fully saturated rings. The summed E-state index contributed by atoms with van der Waals surface area (Å²) in [5, 5.41) is 17.9. The first-order valence-electron chi connectivity index (χ1n) is 5.70. The number of nitrogens with one attached hydrogen (secondary N) is 1. The molecule has 1 aromatic heterocycles. The average molecular weight is 322 g/mol. The van der Waals surface area contributed by atoms with Gasteiger partial charge in [0.1, 0.15) is 9.88 Å². The van der Waals surface area contributed by atoms with Gasteiger partial charge in [0.2, 0.25) is 0 Å². The second kappa shape index (κ2) is 5.55. The van der Waals surface area contributed by atoms with Crippen molar-refractivity contribution in [1.29, 1.82) is 5.26 Å². The number of aromatic carboxylic acids is 1. The van der Waals surface area contributed by atoms with Crippen LogP contribution >= 0.6 is 11.3 Å². The van der Waals surface area contributed by atoms with Crippen molar-refractivity contribution >= 4 is 32.3 Å². The molecule has 21 heavy (non-hydrogen) atoms. The number of nitrogens with zero attached hydrogens (tertiary/aromatic N) is 1. The molecule has 0 atom stereocenters. The molecule has 1 aromatic carbocycles. The second-order valence-electron chi connectivity index (χ2n) is 4.17. The third kappa shape index (κ3) is 3.21. The van der Waals surface area contributed by atoms with Gasteiger partial charge in [0.15, 0.2) is 0 Å². The quantitative estimate of drug-likeness (QED) is 0.899. The number of thiophene rings is 1. The predicted octanol–water partition coefficient (Wildman–Crippen LogP) is 2.43. The monoisotopic (exact) mass is 322 g/mol. The van der Waals surface area contributed by atoms with E-state index in [0.29, 0.717) is 11.1 Å². The molecule has 6 nitrogen and oxygen atoms in total. The van der Waals surface area contributed by atoms with E-state index in [2.05, 4.69) is 4.72 Å². The van der Waals surface area contributed by atoms with Crippen molar-refractivity contribution in [3.05, 3.63) is 46.3 Å². The van der Waals surface area contributed by atoms with Crippen LogP contribution in [-0.2, 0) is 10.0 Å². The largest absolute Gasteiger partial charge is 0.477 e. The summed E-state index contributed by atoms with van der Waals surface area (Å²) >= 11 is 0.855. The molecule has 0 radical (unpaired) electrons. The van der Waals surface area contributed by atoms with Crippen LogP contribution in [0.25, 0.3) is 0 Å². The standard InChI is InChI=1S/C13H10N2O4S2/c1-8-6-11(20-12(8)13(16)17)15-21(18,19)10-4-2-9(7-14)3-5-10/h2-6,15H,1H3,(H,16,17). The van der Waals surface area contributed by atoms with E-state index in [4.69, 9.17) is 10.4 Å². The Morgan fingerprint density at radius 3 is 2.43 bits per heavy atom. The SMILES string of the molecule is Cc1cc(NS(=O)(=O)c2ccc(C#N)cc2)sc1C(=O)O. The molecule has 0 aliphatic carbocycles. The highest BCUT2D eigenvalue weighted by Crippen LogP contribution is 2.28. The summed E-state index contributed by atoms with van der Waals surface area (Å²) < 4.78 is 26.6. The minimum absolute atomic E-state index is 0.00410. The molecule has 1 heterocycles. The zero-order valence-corrected chi connectivity index (χ0v) is 12.5. The van der Waals surface area contributed by atoms with Gasteiger partial charge in [-0.2, -0.15) is 5.26 Å². The van der Waals surface area contributed by atoms with E-state index in [-0.39, 0.29) is 14.8 Å². The Bertz CT molecular complexity index is 830. The lowest BCUT2D eigenvalue weighted by atomic mass is 10.2. The van der Waals surface area contributed by atoms with Gasteiger partial charge in [0.25, 0.3) is 10.0 Å². The molecule has 0 aliphatic heterocycles. The van der Waals surface area contributed by atoms with Crippen LogP contribution in [-0.4, -0.2) is 19.5 Å². The zero-order chi connectivity index (χ0) is 15.6. The molecule has 8 heteroatoms. The minimum atomic E-state index is -3.81. The lowest BCUT2D eigenvalue weighted by Crippen LogP contribution is -2.11. The van der Waals surface area contributed by atoms with E-state index in [1.54, 1.807) is 6.92 Å². The van der Waals surface area contributed by atoms with Crippen LogP contribution in [0.15, 0.2) is 35.2 Å². The first kappa shape index (κ1) is 15.0. The number of rotatable bonds is 4. The first-order valence-corrected chi connectivity index (χ1v) is 8.00. The smallest absolute Gasteiger partial charge is 0.346 e. The Balaban J connectivity index is 2.30. The predicted molar refractivity (Wildman–Crippen MR) is 78.0 cm³/mol. The Labute approximate surface area is 125 Å². The lowest BCUT2D eigenvalue weighted by molar-refractivity contribution is 0.0701. The van der Waals surface area contributed by atoms with Crippen LogP contribution in [0.1, 0.15) is 20.8 Å². The highest BCUT2D eigenvalue weighted by Gasteiger charge is 2.18. The third-order valence-corrected chi connectivity index (χ3v) is 5.29. The molecule has 0 amide bonds. The Morgan fingerprint density at radius 2 is 1.95 bits per heavy atom. The number of hydrogen-bond donors (Lipinski definition) is 2. The maximum absolute atomic E-state index is 12.2. The summed E-state index contributed by atoms with van der Waals surface area (Å²) in [7, 11) is -3.81. The number of anilines is 1. The van der Waals surface area contributed by atoms with E-state index < -0.39 is 16.0 Å². The molecule has 0 saturated carbocycles. The van der Waals surface area contributed by atoms with Crippen molar-refractivity contribution in [2.45, 2.75) is 11.8 Å². The number of carboxylic acids is 1. The second-order valence-corrected chi connectivity index (χ2v) is 6.90. The van der Waals surface area contributed by atoms with Crippen LogP contribution in [0.5, 0.6) is 0 Å². The van der Waals surface area contributed by atoms with Crippen LogP contribution in [0.4, 0.5) is 5.00 Å². The number of aryl methyl sites for hydroxylation is 1. The maximum Gasteiger partial charge on any atom is 0.346 e. The zero-order valence-electron chi connectivity index (χ0n) is 10.8. The molecule has 2 aromatic rings. The van der Waals surface area contributed by atoms with Gasteiger partial charge in [0, 0.05) is 0 Å². The molecular formula is C13H10N2O4S2. The fourth-order valence-corrected chi connectivity index (χ4v) is 3.84. The van der Waals surface area contributed by atoms with Crippen molar-refractivity contribution in [2.75, 3.05) is 4.72 Å². The molecule has 2 N–H and O–H groups in total. The number of carboxylic acid groups (broad SMARTS) is 1. The van der Waals surface area contributed by atoms with Gasteiger partial charge in [-0.3, -0.25) is 4.72 Å². The van der Waals surface area contributed by atoms with Crippen molar-refractivity contribution in [3.8, 4) is 6.07 Å². The van der Waals surface area contributed by atoms with E-state index in [9.17, 15) is 13.2 Å². The number of carbonyl (C=O) groups is 1. The van der Waals surface area contributed by atoms with E-state index >= 15 is 0 Å². The van der Waals surface area contributed by atoms with Crippen LogP contribution in [0.2, 0.25) is 0 Å². The van der Waals surface area contributed by atoms with Gasteiger partial charge in [-0.05, 0) is 42.8 Å². The maximum atomic E-state index is 12.2. The molecule has 108 valence electrons. The fourth-order valence-electron chi connectivity index (χ4n) is 1.64. The summed E-state index contributed by atoms with van der Waals surface area (Å²) in [5.74, 6) is -1.10. The summed E-state index contributed by atoms with van der Waals surface area (Å²) in [6.07, 6.45) is 0. The van der Waals surface area contributed by atoms with Gasteiger partial charge in [0.05, 0.1) is 16.5 Å². The average Bonchev–Trinajstić information content (AvgIpc) is 2.79. The highest BCUT2D eigenvalue weighted by molar-refractivity contribution is 7.93. The third-order valence-electron chi connectivity index (χ3n) is 2.64. The topological polar surface area (TPSA) is 107 Å². The van der Waals surface area contributed by atoms with E-state index in [0.717, 1.165) is 11.3 Å². The van der Waals surface area contributed by atoms with Gasteiger partial charge >= 0.3 is 5.97 Å². The molecule has 0 spiro atoms. The first-order chi connectivity index (χ1) is 9.83. The Morgan fingerprint density at radius 1 is 1.33 bits per heavy atom. The van der Waals surface area contributed by atoms with E-state index in [1.165, 1.54) is 30.3 Å². The van der Waals surface area contributed by atoms with Gasteiger partial charge in [-0.25, -0.2) is 13.2 Å². The van der Waals surface area contributed by atoms with Gasteiger partial charge in [-0.15, -0.1) is 11.3 Å². The number of benzene rings is 1. The summed E-state index contributed by atoms with van der Waals surface area (Å²) in [4.78, 5) is 11.0. The normalized spacial score (nSPS) is 10.9. The molecule has 0 unspecified atom stereocenters. The van der Waals surface area contributed by atoms with Gasteiger partial charge < -0.3 is 5.11 Å². The van der Waals surface area contributed by atoms with Crippen molar-refractivity contribution in [2.24, 2.45) is 0 Å². The minimum Gasteiger partial charge on any atom is -0.477 e. The molecular weight excluding hydrogens is 312 g/mol. The summed E-state index contributed by atoms with van der Waals surface area (Å²) in [5.41, 5.74) is 0.846. The Hall–Kier alpha value is -2.37. The summed E-state index contributed by atoms with van der Waals surface area (Å²) in [6.45, 7) is 1.60. The van der Waals surface area contributed by atoms with Crippen LogP contribution in [0, 0.1) is 18.3 Å². The van der Waals surface area contributed by atoms with Gasteiger partial charge in [-0.1, -0.05) is 0 Å². The molecule has 2 rings (SSSR count). The number of hydrogen-bond acceptors (Lipinski definition) is 5. The number of nitriles is 1. The van der Waals surface area contributed by atoms with Crippen molar-refractivity contribution in [1.82, 2.24) is 0 Å². The van der Waals surface area contributed by atoms with E-state index in [1.807, 2.05) is 6.07 Å². The molecule has 0 bridgehead atoms. The fraction of sp³-hybridized carbons (Fsp3) is 0.0769.